The van der Waals surface area contributed by atoms with Crippen LogP contribution >= 0.6 is 11.3 Å². The molecule has 1 aliphatic rings. The van der Waals surface area contributed by atoms with E-state index in [0.717, 1.165) is 11.4 Å². The van der Waals surface area contributed by atoms with Gasteiger partial charge in [-0.15, -0.1) is 11.3 Å². The van der Waals surface area contributed by atoms with Crippen LogP contribution in [0.4, 0.5) is 0 Å². The highest BCUT2D eigenvalue weighted by Crippen LogP contribution is 2.45. The molecule has 0 radical (unpaired) electrons. The molecule has 0 bridgehead atoms. The predicted molar refractivity (Wildman–Crippen MR) is 87.7 cm³/mol. The predicted octanol–water partition coefficient (Wildman–Crippen LogP) is 4.07. The summed E-state index contributed by atoms with van der Waals surface area (Å²) in [5, 5.41) is 12.5. The number of hydrogen-bond acceptors (Lipinski definition) is 3. The first kappa shape index (κ1) is 16.5. The summed E-state index contributed by atoms with van der Waals surface area (Å²) in [5.74, 6) is -0.757. The molecule has 4 heteroatoms. The topological polar surface area (TPSA) is 49.3 Å². The SMILES string of the molecule is CC1(C)CC(NCc2ccc(CC(=O)O)s2)CC(C)(C)C1. The molecule has 0 aromatic carbocycles. The molecule has 1 aromatic heterocycles. The summed E-state index contributed by atoms with van der Waals surface area (Å²) in [6, 6.07) is 4.54. The molecule has 3 nitrogen and oxygen atoms in total. The minimum atomic E-state index is -0.757. The number of rotatable bonds is 5. The average molecular weight is 309 g/mol. The van der Waals surface area contributed by atoms with E-state index in [1.165, 1.54) is 24.1 Å². The molecule has 118 valence electrons. The van der Waals surface area contributed by atoms with E-state index < -0.39 is 5.97 Å². The highest BCUT2D eigenvalue weighted by molar-refractivity contribution is 7.12. The van der Waals surface area contributed by atoms with Crippen LogP contribution in [0.3, 0.4) is 0 Å². The molecule has 2 N–H and O–H groups in total. The van der Waals surface area contributed by atoms with Crippen LogP contribution < -0.4 is 5.32 Å². The molecule has 2 rings (SSSR count). The zero-order valence-corrected chi connectivity index (χ0v) is 14.3. The molecule has 0 unspecified atom stereocenters. The van der Waals surface area contributed by atoms with Crippen molar-refractivity contribution in [2.75, 3.05) is 0 Å². The molecule has 0 saturated heterocycles. The number of thiophene rings is 1. The van der Waals surface area contributed by atoms with Crippen molar-refractivity contribution >= 4 is 17.3 Å². The second-order valence-electron chi connectivity index (χ2n) is 7.93. The molecule has 1 heterocycles. The summed E-state index contributed by atoms with van der Waals surface area (Å²) >= 11 is 1.61. The number of nitrogens with one attached hydrogen (secondary N) is 1. The lowest BCUT2D eigenvalue weighted by Gasteiger charge is -2.45. The molecule has 1 aromatic rings. The Morgan fingerprint density at radius 1 is 1.24 bits per heavy atom. The van der Waals surface area contributed by atoms with Gasteiger partial charge < -0.3 is 10.4 Å². The van der Waals surface area contributed by atoms with E-state index in [4.69, 9.17) is 5.11 Å². The van der Waals surface area contributed by atoms with Crippen LogP contribution in [0.5, 0.6) is 0 Å². The van der Waals surface area contributed by atoms with Crippen molar-refractivity contribution in [1.29, 1.82) is 0 Å². The summed E-state index contributed by atoms with van der Waals surface area (Å²) in [6.45, 7) is 10.3. The van der Waals surface area contributed by atoms with Gasteiger partial charge in [0, 0.05) is 22.3 Å². The lowest BCUT2D eigenvalue weighted by molar-refractivity contribution is -0.136. The number of hydrogen-bond donors (Lipinski definition) is 2. The molecule has 0 amide bonds. The van der Waals surface area contributed by atoms with E-state index in [9.17, 15) is 4.79 Å². The van der Waals surface area contributed by atoms with Crippen LogP contribution in [0.1, 0.15) is 56.7 Å². The fourth-order valence-electron chi connectivity index (χ4n) is 4.00. The summed E-state index contributed by atoms with van der Waals surface area (Å²) in [7, 11) is 0. The summed E-state index contributed by atoms with van der Waals surface area (Å²) in [6.07, 6.45) is 3.83. The Balaban J connectivity index is 1.90. The maximum Gasteiger partial charge on any atom is 0.308 e. The summed E-state index contributed by atoms with van der Waals surface area (Å²) in [5.41, 5.74) is 0.784. The van der Waals surface area contributed by atoms with Crippen LogP contribution in [0.25, 0.3) is 0 Å². The zero-order chi connectivity index (χ0) is 15.7. The minimum absolute atomic E-state index is 0.133. The molecule has 0 aliphatic heterocycles. The maximum absolute atomic E-state index is 10.7. The Kier molecular flexibility index (Phi) is 4.79. The van der Waals surface area contributed by atoms with Crippen molar-refractivity contribution in [3.05, 3.63) is 21.9 Å². The van der Waals surface area contributed by atoms with Crippen LogP contribution in [0, 0.1) is 10.8 Å². The van der Waals surface area contributed by atoms with Crippen LogP contribution in [0.2, 0.25) is 0 Å². The standard InChI is InChI=1S/C17H27NO2S/c1-16(2)8-12(9-17(3,4)11-16)18-10-14-6-5-13(21-14)7-15(19)20/h5-6,12,18H,7-11H2,1-4H3,(H,19,20). The van der Waals surface area contributed by atoms with E-state index in [1.54, 1.807) is 11.3 Å². The molecule has 1 aliphatic carbocycles. The van der Waals surface area contributed by atoms with Crippen molar-refractivity contribution in [2.45, 2.75) is 66.0 Å². The Hall–Kier alpha value is -0.870. The lowest BCUT2D eigenvalue weighted by Crippen LogP contribution is -2.43. The van der Waals surface area contributed by atoms with Crippen molar-refractivity contribution in [2.24, 2.45) is 10.8 Å². The van der Waals surface area contributed by atoms with Crippen molar-refractivity contribution in [3.8, 4) is 0 Å². The molecular formula is C17H27NO2S. The molecule has 1 fully saturated rings. The molecule has 0 atom stereocenters. The van der Waals surface area contributed by atoms with Gasteiger partial charge in [-0.25, -0.2) is 0 Å². The molecule has 21 heavy (non-hydrogen) atoms. The fraction of sp³-hybridized carbons (Fsp3) is 0.706. The monoisotopic (exact) mass is 309 g/mol. The largest absolute Gasteiger partial charge is 0.481 e. The first-order valence-electron chi connectivity index (χ1n) is 7.68. The third kappa shape index (κ3) is 5.11. The van der Waals surface area contributed by atoms with Gasteiger partial charge in [0.1, 0.15) is 0 Å². The quantitative estimate of drug-likeness (QED) is 0.862. The second kappa shape index (κ2) is 6.09. The first-order chi connectivity index (χ1) is 9.65. The normalized spacial score (nSPS) is 21.3. The van der Waals surface area contributed by atoms with Crippen molar-refractivity contribution in [3.63, 3.8) is 0 Å². The number of aliphatic carboxylic acids is 1. The van der Waals surface area contributed by atoms with Crippen molar-refractivity contribution < 1.29 is 9.90 Å². The number of carbonyl (C=O) groups is 1. The summed E-state index contributed by atoms with van der Waals surface area (Å²) < 4.78 is 0. The van der Waals surface area contributed by atoms with Crippen LogP contribution in [-0.2, 0) is 17.8 Å². The van der Waals surface area contributed by atoms with Gasteiger partial charge in [0.25, 0.3) is 0 Å². The van der Waals surface area contributed by atoms with Crippen molar-refractivity contribution in [1.82, 2.24) is 5.32 Å². The summed E-state index contributed by atoms with van der Waals surface area (Å²) in [4.78, 5) is 12.9. The van der Waals surface area contributed by atoms with Gasteiger partial charge in [0.15, 0.2) is 0 Å². The Morgan fingerprint density at radius 3 is 2.38 bits per heavy atom. The fourth-order valence-corrected chi connectivity index (χ4v) is 4.96. The Morgan fingerprint density at radius 2 is 1.81 bits per heavy atom. The third-order valence-corrected chi connectivity index (χ3v) is 5.25. The second-order valence-corrected chi connectivity index (χ2v) is 9.18. The Labute approximate surface area is 131 Å². The lowest BCUT2D eigenvalue weighted by atomic mass is 9.63. The highest BCUT2D eigenvalue weighted by Gasteiger charge is 2.38. The van der Waals surface area contributed by atoms with Gasteiger partial charge in [-0.3, -0.25) is 4.79 Å². The molecule has 0 spiro atoms. The van der Waals surface area contributed by atoms with Crippen LogP contribution in [-0.4, -0.2) is 17.1 Å². The van der Waals surface area contributed by atoms with E-state index >= 15 is 0 Å². The number of carboxylic acids is 1. The van der Waals surface area contributed by atoms with Gasteiger partial charge >= 0.3 is 5.97 Å². The third-order valence-electron chi connectivity index (χ3n) is 4.16. The zero-order valence-electron chi connectivity index (χ0n) is 13.5. The number of carboxylic acid groups (broad SMARTS) is 1. The smallest absolute Gasteiger partial charge is 0.308 e. The average Bonchev–Trinajstić information content (AvgIpc) is 2.69. The molecule has 1 saturated carbocycles. The van der Waals surface area contributed by atoms with Gasteiger partial charge in [-0.2, -0.15) is 0 Å². The van der Waals surface area contributed by atoms with E-state index in [0.29, 0.717) is 16.9 Å². The first-order valence-corrected chi connectivity index (χ1v) is 8.50. The van der Waals surface area contributed by atoms with E-state index in [1.807, 2.05) is 6.07 Å². The van der Waals surface area contributed by atoms with Gasteiger partial charge in [-0.05, 0) is 42.2 Å². The van der Waals surface area contributed by atoms with Crippen LogP contribution in [0.15, 0.2) is 12.1 Å². The van der Waals surface area contributed by atoms with E-state index in [2.05, 4.69) is 39.1 Å². The van der Waals surface area contributed by atoms with E-state index in [-0.39, 0.29) is 6.42 Å². The van der Waals surface area contributed by atoms with Gasteiger partial charge in [-0.1, -0.05) is 27.7 Å². The Bertz CT molecular complexity index is 489. The highest BCUT2D eigenvalue weighted by atomic mass is 32.1. The van der Waals surface area contributed by atoms with Gasteiger partial charge in [0.2, 0.25) is 0 Å². The maximum atomic E-state index is 10.7. The molecular weight excluding hydrogens is 282 g/mol. The minimum Gasteiger partial charge on any atom is -0.481 e. The van der Waals surface area contributed by atoms with Gasteiger partial charge in [0.05, 0.1) is 6.42 Å².